The first kappa shape index (κ1) is 15.3. The number of nitrogens with one attached hydrogen (secondary N) is 1. The Bertz CT molecular complexity index is 211. The van der Waals surface area contributed by atoms with Gasteiger partial charge >= 0.3 is 5.97 Å². The second-order valence-electron chi connectivity index (χ2n) is 4.21. The number of hydrogen-bond donors (Lipinski definition) is 2. The summed E-state index contributed by atoms with van der Waals surface area (Å²) in [7, 11) is 3.66. The maximum atomic E-state index is 11.0. The van der Waals surface area contributed by atoms with Gasteiger partial charge in [-0.25, -0.2) is 0 Å². The first-order valence-electron chi connectivity index (χ1n) is 5.62. The van der Waals surface area contributed by atoms with Gasteiger partial charge in [-0.15, -0.1) is 0 Å². The number of aliphatic carboxylic acids is 1. The SMILES string of the molecule is CCC(C)(NCCN(C)CCOC)C(=O)O. The number of carboxylic acids is 1. The van der Waals surface area contributed by atoms with Gasteiger partial charge in [0.25, 0.3) is 0 Å². The minimum atomic E-state index is -0.817. The van der Waals surface area contributed by atoms with Crippen molar-refractivity contribution >= 4 is 5.97 Å². The van der Waals surface area contributed by atoms with E-state index in [0.717, 1.165) is 13.1 Å². The summed E-state index contributed by atoms with van der Waals surface area (Å²) in [4.78, 5) is 13.1. The Morgan fingerprint density at radius 2 is 2.12 bits per heavy atom. The monoisotopic (exact) mass is 232 g/mol. The van der Waals surface area contributed by atoms with E-state index in [-0.39, 0.29) is 0 Å². The molecule has 0 aliphatic rings. The minimum Gasteiger partial charge on any atom is -0.480 e. The quantitative estimate of drug-likeness (QED) is 0.603. The Kier molecular flexibility index (Phi) is 7.29. The predicted octanol–water partition coefficient (Wildman–Crippen LogP) is 0.408. The molecule has 0 spiro atoms. The van der Waals surface area contributed by atoms with Crippen LogP contribution in [-0.2, 0) is 9.53 Å². The summed E-state index contributed by atoms with van der Waals surface area (Å²) in [6, 6.07) is 0. The van der Waals surface area contributed by atoms with Crippen LogP contribution in [0.3, 0.4) is 0 Å². The molecule has 0 heterocycles. The highest BCUT2D eigenvalue weighted by Crippen LogP contribution is 2.08. The topological polar surface area (TPSA) is 61.8 Å². The molecule has 0 aromatic rings. The molecule has 2 N–H and O–H groups in total. The van der Waals surface area contributed by atoms with E-state index >= 15 is 0 Å². The maximum absolute atomic E-state index is 11.0. The number of rotatable bonds is 9. The molecular formula is C11H24N2O3. The molecule has 0 aliphatic heterocycles. The summed E-state index contributed by atoms with van der Waals surface area (Å²) < 4.78 is 4.96. The van der Waals surface area contributed by atoms with Gasteiger partial charge in [0.05, 0.1) is 6.61 Å². The van der Waals surface area contributed by atoms with Crippen molar-refractivity contribution in [2.45, 2.75) is 25.8 Å². The minimum absolute atomic E-state index is 0.574. The predicted molar refractivity (Wildman–Crippen MR) is 63.7 cm³/mol. The van der Waals surface area contributed by atoms with Gasteiger partial charge in [-0.05, 0) is 20.4 Å². The lowest BCUT2D eigenvalue weighted by Gasteiger charge is -2.26. The van der Waals surface area contributed by atoms with Gasteiger partial charge in [-0.2, -0.15) is 0 Å². The highest BCUT2D eigenvalue weighted by atomic mass is 16.5. The zero-order valence-corrected chi connectivity index (χ0v) is 10.7. The van der Waals surface area contributed by atoms with Crippen LogP contribution >= 0.6 is 0 Å². The lowest BCUT2D eigenvalue weighted by atomic mass is 9.99. The van der Waals surface area contributed by atoms with Crippen molar-refractivity contribution in [2.75, 3.05) is 40.4 Å². The van der Waals surface area contributed by atoms with Crippen LogP contribution < -0.4 is 5.32 Å². The van der Waals surface area contributed by atoms with E-state index in [4.69, 9.17) is 9.84 Å². The molecule has 0 saturated carbocycles. The molecule has 0 bridgehead atoms. The van der Waals surface area contributed by atoms with E-state index in [1.807, 2.05) is 14.0 Å². The third kappa shape index (κ3) is 5.44. The second kappa shape index (κ2) is 7.60. The van der Waals surface area contributed by atoms with Gasteiger partial charge in [-0.1, -0.05) is 6.92 Å². The van der Waals surface area contributed by atoms with Crippen LogP contribution in [0.1, 0.15) is 20.3 Å². The summed E-state index contributed by atoms with van der Waals surface area (Å²) in [5, 5.41) is 12.1. The van der Waals surface area contributed by atoms with Crippen molar-refractivity contribution in [3.05, 3.63) is 0 Å². The molecule has 0 aromatic heterocycles. The van der Waals surface area contributed by atoms with Crippen molar-refractivity contribution in [3.63, 3.8) is 0 Å². The normalized spacial score (nSPS) is 15.1. The van der Waals surface area contributed by atoms with Crippen LogP contribution in [0.25, 0.3) is 0 Å². The number of carbonyl (C=O) groups is 1. The van der Waals surface area contributed by atoms with Gasteiger partial charge in [0.2, 0.25) is 0 Å². The van der Waals surface area contributed by atoms with E-state index in [1.54, 1.807) is 14.0 Å². The van der Waals surface area contributed by atoms with Gasteiger partial charge in [0.1, 0.15) is 5.54 Å². The molecule has 5 heteroatoms. The molecule has 5 nitrogen and oxygen atoms in total. The van der Waals surface area contributed by atoms with Crippen molar-refractivity contribution in [3.8, 4) is 0 Å². The van der Waals surface area contributed by atoms with E-state index in [0.29, 0.717) is 19.6 Å². The van der Waals surface area contributed by atoms with Crippen LogP contribution in [0.2, 0.25) is 0 Å². The molecule has 0 rings (SSSR count). The third-order valence-corrected chi connectivity index (χ3v) is 2.86. The summed E-state index contributed by atoms with van der Waals surface area (Å²) in [5.74, 6) is -0.797. The molecule has 0 aliphatic carbocycles. The molecule has 1 atom stereocenters. The van der Waals surface area contributed by atoms with Gasteiger partial charge in [0.15, 0.2) is 0 Å². The lowest BCUT2D eigenvalue weighted by molar-refractivity contribution is -0.144. The zero-order valence-electron chi connectivity index (χ0n) is 10.7. The molecule has 1 unspecified atom stereocenters. The number of carboxylic acid groups (broad SMARTS) is 1. The number of hydrogen-bond acceptors (Lipinski definition) is 4. The Hall–Kier alpha value is -0.650. The largest absolute Gasteiger partial charge is 0.480 e. The van der Waals surface area contributed by atoms with Crippen molar-refractivity contribution < 1.29 is 14.6 Å². The van der Waals surface area contributed by atoms with Crippen LogP contribution in [-0.4, -0.2) is 61.9 Å². The van der Waals surface area contributed by atoms with Gasteiger partial charge < -0.3 is 20.1 Å². The summed E-state index contributed by atoms with van der Waals surface area (Å²) in [6.45, 7) is 6.61. The molecule has 0 saturated heterocycles. The average molecular weight is 232 g/mol. The summed E-state index contributed by atoms with van der Waals surface area (Å²) >= 11 is 0. The zero-order chi connectivity index (χ0) is 12.6. The molecule has 16 heavy (non-hydrogen) atoms. The van der Waals surface area contributed by atoms with E-state index in [1.165, 1.54) is 0 Å². The smallest absolute Gasteiger partial charge is 0.323 e. The average Bonchev–Trinajstić information content (AvgIpc) is 2.25. The van der Waals surface area contributed by atoms with Crippen LogP contribution in [0.15, 0.2) is 0 Å². The fourth-order valence-corrected chi connectivity index (χ4v) is 1.23. The molecule has 0 amide bonds. The molecule has 0 fully saturated rings. The van der Waals surface area contributed by atoms with E-state index < -0.39 is 11.5 Å². The van der Waals surface area contributed by atoms with Crippen LogP contribution in [0, 0.1) is 0 Å². The molecule has 96 valence electrons. The number of likely N-dealkylation sites (N-methyl/N-ethyl adjacent to an activating group) is 1. The fraction of sp³-hybridized carbons (Fsp3) is 0.909. The van der Waals surface area contributed by atoms with Gasteiger partial charge in [-0.3, -0.25) is 4.79 Å². The fourth-order valence-electron chi connectivity index (χ4n) is 1.23. The Morgan fingerprint density at radius 3 is 2.56 bits per heavy atom. The summed E-state index contributed by atoms with van der Waals surface area (Å²) in [6.07, 6.45) is 0.574. The highest BCUT2D eigenvalue weighted by Gasteiger charge is 2.29. The molecular weight excluding hydrogens is 208 g/mol. The molecule has 0 radical (unpaired) electrons. The van der Waals surface area contributed by atoms with E-state index in [9.17, 15) is 4.79 Å². The second-order valence-corrected chi connectivity index (χ2v) is 4.21. The number of ether oxygens (including phenoxy) is 1. The van der Waals surface area contributed by atoms with E-state index in [2.05, 4.69) is 10.2 Å². The lowest BCUT2D eigenvalue weighted by Crippen LogP contribution is -2.51. The Labute approximate surface area is 97.8 Å². The maximum Gasteiger partial charge on any atom is 0.323 e. The van der Waals surface area contributed by atoms with Crippen LogP contribution in [0.4, 0.5) is 0 Å². The van der Waals surface area contributed by atoms with Crippen molar-refractivity contribution in [2.24, 2.45) is 0 Å². The van der Waals surface area contributed by atoms with Gasteiger partial charge in [0, 0.05) is 26.7 Å². The van der Waals surface area contributed by atoms with Crippen molar-refractivity contribution in [1.29, 1.82) is 0 Å². The van der Waals surface area contributed by atoms with Crippen molar-refractivity contribution in [1.82, 2.24) is 10.2 Å². The Morgan fingerprint density at radius 1 is 1.50 bits per heavy atom. The highest BCUT2D eigenvalue weighted by molar-refractivity contribution is 5.78. The first-order chi connectivity index (χ1) is 7.46. The molecule has 0 aromatic carbocycles. The first-order valence-corrected chi connectivity index (χ1v) is 5.62. The third-order valence-electron chi connectivity index (χ3n) is 2.86. The Balaban J connectivity index is 3.82. The number of nitrogens with zero attached hydrogens (tertiary/aromatic N) is 1. The standard InChI is InChI=1S/C11H24N2O3/c1-5-11(2,10(14)15)12-6-7-13(3)8-9-16-4/h12H,5-9H2,1-4H3,(H,14,15). The van der Waals surface area contributed by atoms with Crippen LogP contribution in [0.5, 0.6) is 0 Å². The summed E-state index contributed by atoms with van der Waals surface area (Å²) in [5.41, 5.74) is -0.817. The number of methoxy groups -OCH3 is 1.